The van der Waals surface area contributed by atoms with Crippen LogP contribution < -0.4 is 0 Å². The fourth-order valence-corrected chi connectivity index (χ4v) is 1.72. The number of benzene rings is 2. The Balaban J connectivity index is 2.70. The lowest BCUT2D eigenvalue weighted by Gasteiger charge is -2.04. The van der Waals surface area contributed by atoms with E-state index in [1.54, 1.807) is 0 Å². The molecule has 0 saturated carbocycles. The number of hydrogen-bond acceptors (Lipinski definition) is 1. The molecule has 0 atom stereocenters. The average molecular weight is 184 g/mol. The van der Waals surface area contributed by atoms with Crippen molar-refractivity contribution in [1.29, 1.82) is 0 Å². The summed E-state index contributed by atoms with van der Waals surface area (Å²) in [5.74, 6) is 0. The van der Waals surface area contributed by atoms with Crippen molar-refractivity contribution in [2.75, 3.05) is 0 Å². The van der Waals surface area contributed by atoms with Gasteiger partial charge in [-0.15, -0.1) is 0 Å². The Morgan fingerprint density at radius 3 is 2.86 bits per heavy atom. The first-order valence-electron chi connectivity index (χ1n) is 4.73. The molecule has 1 heteroatoms. The zero-order valence-electron chi connectivity index (χ0n) is 8.16. The second kappa shape index (κ2) is 3.62. The van der Waals surface area contributed by atoms with Crippen LogP contribution in [0.4, 0.5) is 0 Å². The largest absolute Gasteiger partial charge is 0.303 e. The number of hydrogen-bond donors (Lipinski definition) is 0. The van der Waals surface area contributed by atoms with Crippen molar-refractivity contribution in [2.24, 2.45) is 0 Å². The van der Waals surface area contributed by atoms with Crippen molar-refractivity contribution >= 4 is 17.1 Å². The molecule has 0 spiro atoms. The Bertz CT molecular complexity index is 472. The maximum Gasteiger partial charge on any atom is 0.124 e. The van der Waals surface area contributed by atoms with Crippen LogP contribution in [-0.4, -0.2) is 6.29 Å². The van der Waals surface area contributed by atoms with Gasteiger partial charge in [-0.3, -0.25) is 0 Å². The smallest absolute Gasteiger partial charge is 0.124 e. The topological polar surface area (TPSA) is 17.1 Å². The maximum atomic E-state index is 10.5. The van der Waals surface area contributed by atoms with E-state index in [9.17, 15) is 4.79 Å². The first kappa shape index (κ1) is 8.95. The lowest BCUT2D eigenvalue weighted by atomic mass is 10.0. The van der Waals surface area contributed by atoms with Gasteiger partial charge in [0.15, 0.2) is 0 Å². The number of fused-ring (bicyclic) bond motifs is 1. The molecule has 0 N–H and O–H groups in total. The average Bonchev–Trinajstić information content (AvgIpc) is 2.19. The molecule has 14 heavy (non-hydrogen) atoms. The van der Waals surface area contributed by atoms with E-state index in [2.05, 4.69) is 31.2 Å². The third kappa shape index (κ3) is 1.53. The maximum absolute atomic E-state index is 10.5. The van der Waals surface area contributed by atoms with Crippen molar-refractivity contribution in [3.8, 4) is 0 Å². The molecule has 2 rings (SSSR count). The fourth-order valence-electron chi connectivity index (χ4n) is 1.72. The van der Waals surface area contributed by atoms with Gasteiger partial charge < -0.3 is 4.79 Å². The molecule has 0 heterocycles. The molecule has 0 aliphatic rings. The minimum Gasteiger partial charge on any atom is -0.303 e. The van der Waals surface area contributed by atoms with Crippen molar-refractivity contribution < 1.29 is 4.79 Å². The van der Waals surface area contributed by atoms with Gasteiger partial charge in [0.25, 0.3) is 0 Å². The van der Waals surface area contributed by atoms with Crippen LogP contribution in [0.2, 0.25) is 0 Å². The van der Waals surface area contributed by atoms with Gasteiger partial charge in [0.05, 0.1) is 0 Å². The van der Waals surface area contributed by atoms with Gasteiger partial charge >= 0.3 is 0 Å². The quantitative estimate of drug-likeness (QED) is 0.656. The summed E-state index contributed by atoms with van der Waals surface area (Å²) in [6.07, 6.45) is 1.46. The fraction of sp³-hybridized carbons (Fsp3) is 0.154. The molecular formula is C13H12O. The summed E-state index contributed by atoms with van der Waals surface area (Å²) >= 11 is 0. The summed E-state index contributed by atoms with van der Waals surface area (Å²) in [7, 11) is 0. The van der Waals surface area contributed by atoms with Crippen molar-refractivity contribution in [2.45, 2.75) is 13.3 Å². The second-order valence-electron chi connectivity index (χ2n) is 3.51. The van der Waals surface area contributed by atoms with Crippen LogP contribution in [-0.2, 0) is 11.2 Å². The van der Waals surface area contributed by atoms with Crippen LogP contribution >= 0.6 is 0 Å². The minimum atomic E-state index is 0.501. The highest BCUT2D eigenvalue weighted by molar-refractivity contribution is 5.87. The monoisotopic (exact) mass is 184 g/mol. The molecule has 1 nitrogen and oxygen atoms in total. The van der Waals surface area contributed by atoms with E-state index in [-0.39, 0.29) is 0 Å². The zero-order valence-corrected chi connectivity index (χ0v) is 8.16. The van der Waals surface area contributed by atoms with Crippen LogP contribution in [0.5, 0.6) is 0 Å². The highest BCUT2D eigenvalue weighted by atomic mass is 16.1. The molecule has 2 aromatic carbocycles. The van der Waals surface area contributed by atoms with E-state index in [0.29, 0.717) is 6.42 Å². The van der Waals surface area contributed by atoms with E-state index in [1.807, 2.05) is 12.1 Å². The van der Waals surface area contributed by atoms with Gasteiger partial charge in [-0.25, -0.2) is 0 Å². The first-order valence-corrected chi connectivity index (χ1v) is 4.73. The van der Waals surface area contributed by atoms with Crippen LogP contribution in [0.15, 0.2) is 36.4 Å². The summed E-state index contributed by atoms with van der Waals surface area (Å²) in [5, 5.41) is 2.40. The minimum absolute atomic E-state index is 0.501. The Hall–Kier alpha value is -1.63. The van der Waals surface area contributed by atoms with Gasteiger partial charge in [0.1, 0.15) is 6.29 Å². The van der Waals surface area contributed by atoms with E-state index in [4.69, 9.17) is 0 Å². The predicted molar refractivity (Wildman–Crippen MR) is 58.5 cm³/mol. The molecule has 0 bridgehead atoms. The summed E-state index contributed by atoms with van der Waals surface area (Å²) in [4.78, 5) is 10.5. The standard InChI is InChI=1S/C13H12O/c1-10-5-6-11-3-2-4-12(7-8-14)13(11)9-10/h2-6,8-9H,7H2,1H3. The van der Waals surface area contributed by atoms with Crippen LogP contribution in [0.1, 0.15) is 11.1 Å². The van der Waals surface area contributed by atoms with E-state index < -0.39 is 0 Å². The zero-order chi connectivity index (χ0) is 9.97. The number of rotatable bonds is 2. The summed E-state index contributed by atoms with van der Waals surface area (Å²) in [6, 6.07) is 12.4. The van der Waals surface area contributed by atoms with Gasteiger partial charge in [-0.2, -0.15) is 0 Å². The third-order valence-corrected chi connectivity index (χ3v) is 2.43. The third-order valence-electron chi connectivity index (χ3n) is 2.43. The normalized spacial score (nSPS) is 10.4. The van der Waals surface area contributed by atoms with Crippen LogP contribution in [0.25, 0.3) is 10.8 Å². The summed E-state index contributed by atoms with van der Waals surface area (Å²) < 4.78 is 0. The molecule has 0 aromatic heterocycles. The van der Waals surface area contributed by atoms with Crippen LogP contribution in [0, 0.1) is 6.92 Å². The molecular weight excluding hydrogens is 172 g/mol. The highest BCUT2D eigenvalue weighted by Gasteiger charge is 1.99. The van der Waals surface area contributed by atoms with E-state index >= 15 is 0 Å². The molecule has 70 valence electrons. The molecule has 0 amide bonds. The Kier molecular flexibility index (Phi) is 2.32. The highest BCUT2D eigenvalue weighted by Crippen LogP contribution is 2.20. The van der Waals surface area contributed by atoms with Crippen molar-refractivity contribution in [3.05, 3.63) is 47.5 Å². The van der Waals surface area contributed by atoms with E-state index in [0.717, 1.165) is 11.8 Å². The Labute approximate surface area is 83.4 Å². The molecule has 0 aliphatic carbocycles. The number of aryl methyl sites for hydroxylation is 1. The van der Waals surface area contributed by atoms with Crippen molar-refractivity contribution in [3.63, 3.8) is 0 Å². The summed E-state index contributed by atoms with van der Waals surface area (Å²) in [5.41, 5.74) is 2.34. The number of carbonyl (C=O) groups is 1. The van der Waals surface area contributed by atoms with Crippen LogP contribution in [0.3, 0.4) is 0 Å². The summed E-state index contributed by atoms with van der Waals surface area (Å²) in [6.45, 7) is 2.07. The molecule has 0 saturated heterocycles. The second-order valence-corrected chi connectivity index (χ2v) is 3.51. The van der Waals surface area contributed by atoms with Crippen molar-refractivity contribution in [1.82, 2.24) is 0 Å². The molecule has 0 unspecified atom stereocenters. The molecule has 2 aromatic rings. The molecule has 0 radical (unpaired) electrons. The number of carbonyl (C=O) groups excluding carboxylic acids is 1. The predicted octanol–water partition coefficient (Wildman–Crippen LogP) is 2.89. The Morgan fingerprint density at radius 2 is 2.07 bits per heavy atom. The number of aldehydes is 1. The SMILES string of the molecule is Cc1ccc2cccc(CC=O)c2c1. The lowest BCUT2D eigenvalue weighted by molar-refractivity contribution is -0.107. The van der Waals surface area contributed by atoms with Gasteiger partial charge in [0.2, 0.25) is 0 Å². The molecule has 0 aliphatic heterocycles. The molecule has 0 fully saturated rings. The van der Waals surface area contributed by atoms with Gasteiger partial charge in [0, 0.05) is 6.42 Å². The van der Waals surface area contributed by atoms with Gasteiger partial charge in [-0.05, 0) is 23.3 Å². The first-order chi connectivity index (χ1) is 6.81. The lowest BCUT2D eigenvalue weighted by Crippen LogP contribution is -1.88. The Morgan fingerprint density at radius 1 is 1.21 bits per heavy atom. The van der Waals surface area contributed by atoms with E-state index in [1.165, 1.54) is 16.3 Å². The van der Waals surface area contributed by atoms with Gasteiger partial charge in [-0.1, -0.05) is 42.0 Å².